The highest BCUT2D eigenvalue weighted by molar-refractivity contribution is 6.13. The number of nitrogens with one attached hydrogen (secondary N) is 2. The highest BCUT2D eigenvalue weighted by atomic mass is 16.2. The second kappa shape index (κ2) is 6.67. The molecule has 1 fully saturated rings. The minimum atomic E-state index is -0.934. The molecular weight excluding hydrogens is 314 g/mol. The topological polar surface area (TPSA) is 71.1 Å². The normalized spacial score (nSPS) is 14.7. The number of benzene rings is 1. The van der Waals surface area contributed by atoms with Crippen LogP contribution in [0.5, 0.6) is 0 Å². The van der Waals surface area contributed by atoms with Gasteiger partial charge in [0.05, 0.1) is 0 Å². The lowest BCUT2D eigenvalue weighted by atomic mass is 10.0. The van der Waals surface area contributed by atoms with Gasteiger partial charge in [-0.15, -0.1) is 0 Å². The lowest BCUT2D eigenvalue weighted by Gasteiger charge is -2.18. The van der Waals surface area contributed by atoms with Crippen molar-refractivity contribution in [3.05, 3.63) is 58.9 Å². The van der Waals surface area contributed by atoms with Gasteiger partial charge in [-0.25, -0.2) is 0 Å². The van der Waals surface area contributed by atoms with E-state index < -0.39 is 5.41 Å². The fourth-order valence-corrected chi connectivity index (χ4v) is 3.14. The number of amides is 2. The summed E-state index contributed by atoms with van der Waals surface area (Å²) in [6.07, 6.45) is 4.55. The molecule has 1 aromatic heterocycles. The molecule has 5 heteroatoms. The molecule has 1 saturated carbocycles. The van der Waals surface area contributed by atoms with Crippen LogP contribution in [-0.2, 0) is 16.1 Å². The summed E-state index contributed by atoms with van der Waals surface area (Å²) >= 11 is 0. The van der Waals surface area contributed by atoms with Crippen LogP contribution < -0.4 is 10.6 Å². The van der Waals surface area contributed by atoms with Crippen molar-refractivity contribution in [1.29, 1.82) is 0 Å². The van der Waals surface area contributed by atoms with Gasteiger partial charge in [0.25, 0.3) is 0 Å². The summed E-state index contributed by atoms with van der Waals surface area (Å²) in [6, 6.07) is 7.76. The summed E-state index contributed by atoms with van der Waals surface area (Å²) in [7, 11) is 0. The molecule has 0 unspecified atom stereocenters. The lowest BCUT2D eigenvalue weighted by molar-refractivity contribution is -0.134. The maximum absolute atomic E-state index is 12.8. The molecule has 2 amide bonds. The molecule has 0 atom stereocenters. The Bertz CT molecular complexity index is 788. The maximum atomic E-state index is 12.8. The fraction of sp³-hybridized carbons (Fsp3) is 0.350. The highest BCUT2D eigenvalue weighted by Crippen LogP contribution is 2.47. The van der Waals surface area contributed by atoms with Gasteiger partial charge in [-0.3, -0.25) is 14.6 Å². The largest absolute Gasteiger partial charge is 0.351 e. The van der Waals surface area contributed by atoms with Gasteiger partial charge in [-0.2, -0.15) is 0 Å². The van der Waals surface area contributed by atoms with Gasteiger partial charge in [0.1, 0.15) is 5.41 Å². The number of carbonyl (C=O) groups is 2. The minimum Gasteiger partial charge on any atom is -0.351 e. The number of pyridine rings is 1. The smallest absolute Gasteiger partial charge is 0.240 e. The first-order valence-electron chi connectivity index (χ1n) is 8.49. The molecule has 2 N–H and O–H groups in total. The third-order valence-electron chi connectivity index (χ3n) is 4.74. The molecular formula is C20H23N3O2. The Morgan fingerprint density at radius 2 is 1.64 bits per heavy atom. The van der Waals surface area contributed by atoms with E-state index in [0.717, 1.165) is 27.9 Å². The summed E-state index contributed by atoms with van der Waals surface area (Å²) in [4.78, 5) is 29.3. The summed E-state index contributed by atoms with van der Waals surface area (Å²) < 4.78 is 0. The number of hydrogen-bond donors (Lipinski definition) is 2. The SMILES string of the molecule is Cc1cc(C)c(NC(=O)C2(C(=O)NCc3ccncc3)CC2)c(C)c1. The van der Waals surface area contributed by atoms with Crippen LogP contribution in [0.4, 0.5) is 5.69 Å². The third-order valence-corrected chi connectivity index (χ3v) is 4.74. The van der Waals surface area contributed by atoms with Crippen molar-refractivity contribution in [3.63, 3.8) is 0 Å². The Labute approximate surface area is 147 Å². The number of aromatic nitrogens is 1. The Balaban J connectivity index is 1.68. The fourth-order valence-electron chi connectivity index (χ4n) is 3.14. The van der Waals surface area contributed by atoms with E-state index in [1.54, 1.807) is 12.4 Å². The van der Waals surface area contributed by atoms with Gasteiger partial charge in [0.15, 0.2) is 0 Å². The van der Waals surface area contributed by atoms with E-state index in [1.165, 1.54) is 0 Å². The van der Waals surface area contributed by atoms with Gasteiger partial charge < -0.3 is 10.6 Å². The molecule has 5 nitrogen and oxygen atoms in total. The van der Waals surface area contributed by atoms with E-state index in [9.17, 15) is 9.59 Å². The van der Waals surface area contributed by atoms with Crippen LogP contribution in [0.1, 0.15) is 35.1 Å². The van der Waals surface area contributed by atoms with Crippen LogP contribution in [0.3, 0.4) is 0 Å². The monoisotopic (exact) mass is 337 g/mol. The van der Waals surface area contributed by atoms with E-state index >= 15 is 0 Å². The summed E-state index contributed by atoms with van der Waals surface area (Å²) in [5.74, 6) is -0.418. The first kappa shape index (κ1) is 17.1. The Kier molecular flexibility index (Phi) is 4.57. The van der Waals surface area contributed by atoms with Crippen molar-refractivity contribution in [3.8, 4) is 0 Å². The average Bonchev–Trinajstić information content (AvgIpc) is 3.38. The van der Waals surface area contributed by atoms with Crippen LogP contribution in [-0.4, -0.2) is 16.8 Å². The second-order valence-electron chi connectivity index (χ2n) is 6.85. The zero-order chi connectivity index (χ0) is 18.0. The van der Waals surface area contributed by atoms with Crippen molar-refractivity contribution >= 4 is 17.5 Å². The predicted molar refractivity (Wildman–Crippen MR) is 97.0 cm³/mol. The van der Waals surface area contributed by atoms with E-state index in [2.05, 4.69) is 15.6 Å². The molecule has 0 aliphatic heterocycles. The summed E-state index contributed by atoms with van der Waals surface area (Å²) in [6.45, 7) is 6.37. The van der Waals surface area contributed by atoms with Crippen molar-refractivity contribution in [2.45, 2.75) is 40.2 Å². The number of carbonyl (C=O) groups excluding carboxylic acids is 2. The van der Waals surface area contributed by atoms with Crippen molar-refractivity contribution in [2.75, 3.05) is 5.32 Å². The first-order chi connectivity index (χ1) is 11.9. The molecule has 3 rings (SSSR count). The number of nitrogens with zero attached hydrogens (tertiary/aromatic N) is 1. The molecule has 0 radical (unpaired) electrons. The number of aryl methyl sites for hydroxylation is 3. The Morgan fingerprint density at radius 3 is 2.20 bits per heavy atom. The van der Waals surface area contributed by atoms with E-state index in [4.69, 9.17) is 0 Å². The van der Waals surface area contributed by atoms with Crippen LogP contribution in [0.15, 0.2) is 36.7 Å². The summed E-state index contributed by atoms with van der Waals surface area (Å²) in [5.41, 5.74) is 4.02. The van der Waals surface area contributed by atoms with Gasteiger partial charge in [-0.05, 0) is 62.4 Å². The molecule has 2 aromatic rings. The van der Waals surface area contributed by atoms with E-state index in [0.29, 0.717) is 19.4 Å². The van der Waals surface area contributed by atoms with Crippen LogP contribution in [0.2, 0.25) is 0 Å². The Morgan fingerprint density at radius 1 is 1.04 bits per heavy atom. The highest BCUT2D eigenvalue weighted by Gasteiger charge is 2.56. The van der Waals surface area contributed by atoms with Gasteiger partial charge in [-0.1, -0.05) is 17.7 Å². The molecule has 25 heavy (non-hydrogen) atoms. The van der Waals surface area contributed by atoms with E-state index in [-0.39, 0.29) is 11.8 Å². The standard InChI is InChI=1S/C20H23N3O2/c1-13-10-14(2)17(15(3)11-13)23-19(25)20(6-7-20)18(24)22-12-16-4-8-21-9-5-16/h4-5,8-11H,6-7,12H2,1-3H3,(H,22,24)(H,23,25). The number of anilines is 1. The zero-order valence-corrected chi connectivity index (χ0v) is 14.8. The molecule has 0 saturated heterocycles. The van der Waals surface area contributed by atoms with Crippen molar-refractivity contribution < 1.29 is 9.59 Å². The summed E-state index contributed by atoms with van der Waals surface area (Å²) in [5, 5.41) is 5.86. The molecule has 0 spiro atoms. The van der Waals surface area contributed by atoms with Crippen molar-refractivity contribution in [2.24, 2.45) is 5.41 Å². The van der Waals surface area contributed by atoms with Gasteiger partial charge >= 0.3 is 0 Å². The van der Waals surface area contributed by atoms with Crippen LogP contribution >= 0.6 is 0 Å². The predicted octanol–water partition coefficient (Wildman–Crippen LogP) is 3.04. The van der Waals surface area contributed by atoms with Crippen LogP contribution in [0.25, 0.3) is 0 Å². The maximum Gasteiger partial charge on any atom is 0.240 e. The van der Waals surface area contributed by atoms with Crippen LogP contribution in [0, 0.1) is 26.2 Å². The zero-order valence-electron chi connectivity index (χ0n) is 14.8. The molecule has 1 aromatic carbocycles. The molecule has 1 aliphatic rings. The first-order valence-corrected chi connectivity index (χ1v) is 8.49. The Hall–Kier alpha value is -2.69. The third kappa shape index (κ3) is 3.55. The van der Waals surface area contributed by atoms with Crippen molar-refractivity contribution in [1.82, 2.24) is 10.3 Å². The lowest BCUT2D eigenvalue weighted by Crippen LogP contribution is -2.39. The molecule has 0 bridgehead atoms. The minimum absolute atomic E-state index is 0.204. The second-order valence-corrected chi connectivity index (χ2v) is 6.85. The van der Waals surface area contributed by atoms with E-state index in [1.807, 2.05) is 45.0 Å². The number of rotatable bonds is 5. The van der Waals surface area contributed by atoms with Gasteiger partial charge in [0.2, 0.25) is 11.8 Å². The molecule has 1 heterocycles. The van der Waals surface area contributed by atoms with Gasteiger partial charge in [0, 0.05) is 24.6 Å². The number of hydrogen-bond acceptors (Lipinski definition) is 3. The quantitative estimate of drug-likeness (QED) is 0.824. The average molecular weight is 337 g/mol. The molecule has 1 aliphatic carbocycles. The molecule has 130 valence electrons.